The molecule has 2 rings (SSSR count). The summed E-state index contributed by atoms with van der Waals surface area (Å²) >= 11 is 0. The average Bonchev–Trinajstić information content (AvgIpc) is 2.83. The average molecular weight is 465 g/mol. The first-order valence-electron chi connectivity index (χ1n) is 11.4. The van der Waals surface area contributed by atoms with Gasteiger partial charge < -0.3 is 11.3 Å². The zero-order chi connectivity index (χ0) is 21.0. The van der Waals surface area contributed by atoms with E-state index in [1.807, 2.05) is 0 Å². The Kier molecular flexibility index (Phi) is 8.61. The fourth-order valence-electron chi connectivity index (χ4n) is 6.64. The summed E-state index contributed by atoms with van der Waals surface area (Å²) in [5, 5.41) is 0. The van der Waals surface area contributed by atoms with E-state index >= 15 is 0 Å². The Morgan fingerprint density at radius 1 is 0.786 bits per heavy atom. The van der Waals surface area contributed by atoms with Crippen molar-refractivity contribution in [1.29, 1.82) is 0 Å². The molecule has 2 aliphatic carbocycles. The summed E-state index contributed by atoms with van der Waals surface area (Å²) in [6.07, 6.45) is 8.23. The number of hydrogen-bond acceptors (Lipinski definition) is 1. The molecule has 4 atom stereocenters. The van der Waals surface area contributed by atoms with Gasteiger partial charge in [-0.25, -0.2) is 6.04 Å². The molecule has 0 bridgehead atoms. The minimum absolute atomic E-state index is 0. The summed E-state index contributed by atoms with van der Waals surface area (Å²) in [7, 11) is 0. The van der Waals surface area contributed by atoms with Gasteiger partial charge in [-0.15, -0.1) is 16.9 Å². The van der Waals surface area contributed by atoms with Crippen molar-refractivity contribution in [3.05, 3.63) is 12.5 Å². The predicted octanol–water partition coefficient (Wildman–Crippen LogP) is 7.76. The Hall–Kier alpha value is 1.06. The number of rotatable bonds is 2. The molecule has 2 saturated carbocycles. The van der Waals surface area contributed by atoms with Crippen molar-refractivity contribution in [1.82, 2.24) is 4.90 Å². The molecule has 28 heavy (non-hydrogen) atoms. The van der Waals surface area contributed by atoms with Gasteiger partial charge in [-0.2, -0.15) is 6.42 Å². The Morgan fingerprint density at radius 3 is 1.68 bits per heavy atom. The van der Waals surface area contributed by atoms with Gasteiger partial charge in [0.2, 0.25) is 0 Å². The van der Waals surface area contributed by atoms with Gasteiger partial charge in [0.05, 0.1) is 0 Å². The van der Waals surface area contributed by atoms with E-state index in [9.17, 15) is 0 Å². The van der Waals surface area contributed by atoms with Crippen LogP contribution in [0, 0.1) is 46.5 Å². The summed E-state index contributed by atoms with van der Waals surface area (Å²) in [4.78, 5) is 2.83. The molecule has 163 valence electrons. The van der Waals surface area contributed by atoms with E-state index in [1.165, 1.54) is 25.7 Å². The molecule has 0 heterocycles. The Labute approximate surface area is 203 Å². The summed E-state index contributed by atoms with van der Waals surface area (Å²) in [6, 6.07) is 2.19. The summed E-state index contributed by atoms with van der Waals surface area (Å²) in [5.41, 5.74) is 0.929. The standard InChI is InChI=1S/C26H49N.Y/c1-23(2,3)21-16-14-18-13-15-19(17-20(18)21)27(26(10,11)12)22(24(4,5)6)25(7,8)9;/h15,18-21H,13-14,16-17H2,1-12H3;/q-2;. The summed E-state index contributed by atoms with van der Waals surface area (Å²) in [5.74, 6) is 2.71. The smallest absolute Gasteiger partial charge is 0 e. The van der Waals surface area contributed by atoms with Crippen LogP contribution in [0.25, 0.3) is 0 Å². The van der Waals surface area contributed by atoms with Crippen LogP contribution in [-0.2, 0) is 32.7 Å². The minimum Gasteiger partial charge on any atom is -0.471 e. The fraction of sp³-hybridized carbons (Fsp3) is 0.923. The summed E-state index contributed by atoms with van der Waals surface area (Å²) < 4.78 is 0. The molecule has 0 amide bonds. The van der Waals surface area contributed by atoms with E-state index < -0.39 is 0 Å². The maximum Gasteiger partial charge on any atom is 0 e. The van der Waals surface area contributed by atoms with Gasteiger partial charge in [-0.1, -0.05) is 81.1 Å². The molecule has 0 saturated heterocycles. The zero-order valence-corrected chi connectivity index (χ0v) is 24.1. The van der Waals surface area contributed by atoms with E-state index in [4.69, 9.17) is 0 Å². The van der Waals surface area contributed by atoms with E-state index in [2.05, 4.69) is 94.4 Å². The second kappa shape index (κ2) is 8.90. The van der Waals surface area contributed by atoms with Crippen molar-refractivity contribution >= 4 is 0 Å². The first kappa shape index (κ1) is 27.1. The minimum atomic E-state index is 0. The van der Waals surface area contributed by atoms with Crippen LogP contribution in [0.4, 0.5) is 0 Å². The summed E-state index contributed by atoms with van der Waals surface area (Å²) in [6.45, 7) is 29.1. The molecule has 0 N–H and O–H groups in total. The molecule has 0 aromatic heterocycles. The third-order valence-electron chi connectivity index (χ3n) is 7.02. The maximum atomic E-state index is 2.83. The molecule has 1 nitrogen and oxygen atoms in total. The van der Waals surface area contributed by atoms with Crippen molar-refractivity contribution in [3.8, 4) is 0 Å². The second-order valence-electron chi connectivity index (χ2n) is 13.6. The first-order chi connectivity index (χ1) is 11.9. The maximum absolute atomic E-state index is 2.83. The van der Waals surface area contributed by atoms with Gasteiger partial charge in [-0.3, -0.25) is 0 Å². The van der Waals surface area contributed by atoms with Crippen LogP contribution < -0.4 is 0 Å². The monoisotopic (exact) mass is 464 g/mol. The van der Waals surface area contributed by atoms with Crippen LogP contribution in [0.1, 0.15) is 109 Å². The fourth-order valence-corrected chi connectivity index (χ4v) is 6.64. The van der Waals surface area contributed by atoms with Crippen LogP contribution in [0.3, 0.4) is 0 Å². The molecule has 4 unspecified atom stereocenters. The van der Waals surface area contributed by atoms with Crippen LogP contribution in [-0.4, -0.2) is 16.5 Å². The molecule has 0 aliphatic heterocycles. The van der Waals surface area contributed by atoms with Gasteiger partial charge in [0.1, 0.15) is 0 Å². The molecule has 2 heteroatoms. The van der Waals surface area contributed by atoms with E-state index in [0.717, 1.165) is 17.8 Å². The molecule has 0 aromatic rings. The Bertz CT molecular complexity index is 482. The Morgan fingerprint density at radius 2 is 1.29 bits per heavy atom. The molecular weight excluding hydrogens is 415 g/mol. The number of fused-ring (bicyclic) bond motifs is 1. The van der Waals surface area contributed by atoms with E-state index in [1.54, 1.807) is 6.04 Å². The van der Waals surface area contributed by atoms with Gasteiger partial charge in [-0.05, 0) is 50.0 Å². The SMILES string of the molecule is CC(C)(C)[C-](N(C1[CH-]CC2CCC(C(C)(C)C)C2C1)C(C)(C)C)C(C)(C)C.[Y]. The Balaban J connectivity index is 0.00000392. The van der Waals surface area contributed by atoms with Crippen LogP contribution >= 0.6 is 0 Å². The van der Waals surface area contributed by atoms with E-state index in [0.29, 0.717) is 11.5 Å². The van der Waals surface area contributed by atoms with Crippen molar-refractivity contribution in [2.75, 3.05) is 0 Å². The molecular formula is C26H49NY-2. The van der Waals surface area contributed by atoms with Crippen molar-refractivity contribution in [3.63, 3.8) is 0 Å². The molecule has 2 aliphatic rings. The van der Waals surface area contributed by atoms with Gasteiger partial charge in [0.25, 0.3) is 0 Å². The van der Waals surface area contributed by atoms with Crippen molar-refractivity contribution in [2.24, 2.45) is 34.0 Å². The van der Waals surface area contributed by atoms with Crippen molar-refractivity contribution in [2.45, 2.75) is 120 Å². The third kappa shape index (κ3) is 6.06. The molecule has 0 spiro atoms. The first-order valence-corrected chi connectivity index (χ1v) is 11.4. The van der Waals surface area contributed by atoms with Gasteiger partial charge >= 0.3 is 0 Å². The van der Waals surface area contributed by atoms with Crippen LogP contribution in [0.5, 0.6) is 0 Å². The largest absolute Gasteiger partial charge is 0.471 e. The molecule has 1 radical (unpaired) electrons. The van der Waals surface area contributed by atoms with Gasteiger partial charge in [0, 0.05) is 32.7 Å². The van der Waals surface area contributed by atoms with E-state index in [-0.39, 0.29) is 49.1 Å². The zero-order valence-electron chi connectivity index (χ0n) is 21.2. The predicted molar refractivity (Wildman–Crippen MR) is 120 cm³/mol. The third-order valence-corrected chi connectivity index (χ3v) is 7.02. The van der Waals surface area contributed by atoms with Crippen LogP contribution in [0.15, 0.2) is 0 Å². The molecule has 0 aromatic carbocycles. The second-order valence-corrected chi connectivity index (χ2v) is 13.6. The van der Waals surface area contributed by atoms with Crippen LogP contribution in [0.2, 0.25) is 0 Å². The topological polar surface area (TPSA) is 3.24 Å². The van der Waals surface area contributed by atoms with Crippen molar-refractivity contribution < 1.29 is 32.7 Å². The molecule has 2 fully saturated rings. The number of nitrogens with zero attached hydrogens (tertiary/aromatic N) is 1. The quantitative estimate of drug-likeness (QED) is 0.378. The van der Waals surface area contributed by atoms with Gasteiger partial charge in [0.15, 0.2) is 0 Å². The normalized spacial score (nSPS) is 29.8. The number of hydrogen-bond donors (Lipinski definition) is 0.